The number of anilines is 3. The van der Waals surface area contributed by atoms with Gasteiger partial charge in [-0.05, 0) is 85.7 Å². The van der Waals surface area contributed by atoms with Crippen molar-refractivity contribution in [1.29, 1.82) is 0 Å². The average Bonchev–Trinajstić information content (AvgIpc) is 3.45. The Morgan fingerprint density at radius 3 is 2.19 bits per heavy atom. The van der Waals surface area contributed by atoms with E-state index in [9.17, 15) is 19.5 Å². The van der Waals surface area contributed by atoms with Crippen LogP contribution >= 0.6 is 23.2 Å². The van der Waals surface area contributed by atoms with E-state index in [1.54, 1.807) is 42.5 Å². The fraction of sp³-hybridized carbons (Fsp3) is 0.488. The molecular formula is C43H56Cl2N4O5. The number of hydrogen-bond acceptors (Lipinski definition) is 6. The number of aromatic hydroxyl groups is 1. The minimum Gasteiger partial charge on any atom is -0.508 e. The molecule has 0 saturated carbocycles. The van der Waals surface area contributed by atoms with Crippen molar-refractivity contribution in [3.05, 3.63) is 75.3 Å². The van der Waals surface area contributed by atoms with Crippen molar-refractivity contribution < 1.29 is 24.2 Å². The normalized spacial score (nSPS) is 13.5. The van der Waals surface area contributed by atoms with Gasteiger partial charge >= 0.3 is 0 Å². The highest BCUT2D eigenvalue weighted by atomic mass is 35.5. The highest BCUT2D eigenvalue weighted by molar-refractivity contribution is 6.37. The molecule has 1 unspecified atom stereocenters. The number of phenolic OH excluding ortho intramolecular Hbond substituents is 1. The highest BCUT2D eigenvalue weighted by Gasteiger charge is 2.34. The Labute approximate surface area is 331 Å². The van der Waals surface area contributed by atoms with Crippen molar-refractivity contribution in [2.45, 2.75) is 137 Å². The van der Waals surface area contributed by atoms with E-state index in [0.717, 1.165) is 36.0 Å². The maximum Gasteiger partial charge on any atom is 0.265 e. The molecule has 3 amide bonds. The number of hydrazone groups is 1. The van der Waals surface area contributed by atoms with Gasteiger partial charge in [0.15, 0.2) is 6.10 Å². The van der Waals surface area contributed by atoms with Gasteiger partial charge in [0.05, 0.1) is 27.8 Å². The number of rotatable bonds is 17. The van der Waals surface area contributed by atoms with E-state index in [1.165, 1.54) is 61.8 Å². The lowest BCUT2D eigenvalue weighted by atomic mass is 9.86. The maximum absolute atomic E-state index is 14.0. The fourth-order valence-electron chi connectivity index (χ4n) is 6.78. The van der Waals surface area contributed by atoms with Gasteiger partial charge in [-0.2, -0.15) is 10.1 Å². The van der Waals surface area contributed by atoms with E-state index in [-0.39, 0.29) is 45.9 Å². The average molecular weight is 780 g/mol. The number of phenols is 1. The monoisotopic (exact) mass is 778 g/mol. The predicted octanol–water partition coefficient (Wildman–Crippen LogP) is 11.4. The Hall–Kier alpha value is -4.08. The van der Waals surface area contributed by atoms with Crippen LogP contribution in [-0.2, 0) is 19.8 Å². The van der Waals surface area contributed by atoms with E-state index in [2.05, 4.69) is 17.3 Å². The van der Waals surface area contributed by atoms with Crippen LogP contribution in [0.2, 0.25) is 10.0 Å². The van der Waals surface area contributed by atoms with E-state index in [0.29, 0.717) is 28.6 Å². The summed E-state index contributed by atoms with van der Waals surface area (Å²) < 4.78 is 6.35. The van der Waals surface area contributed by atoms with Crippen molar-refractivity contribution in [3.8, 4) is 11.5 Å². The first-order valence-electron chi connectivity index (χ1n) is 19.2. The third kappa shape index (κ3) is 11.5. The number of hydrogen-bond donors (Lipinski definition) is 2. The predicted molar refractivity (Wildman–Crippen MR) is 221 cm³/mol. The van der Waals surface area contributed by atoms with Crippen LogP contribution in [0.5, 0.6) is 11.5 Å². The van der Waals surface area contributed by atoms with Gasteiger partial charge in [0.2, 0.25) is 5.91 Å². The smallest absolute Gasteiger partial charge is 0.265 e. The van der Waals surface area contributed by atoms with Crippen LogP contribution in [0.25, 0.3) is 0 Å². The van der Waals surface area contributed by atoms with Gasteiger partial charge in [-0.3, -0.25) is 19.3 Å². The Kier molecular flexibility index (Phi) is 15.4. The number of unbranched alkanes of at least 4 members (excludes halogenated alkanes) is 9. The quantitative estimate of drug-likeness (QED) is 0.133. The third-order valence-electron chi connectivity index (χ3n) is 9.57. The molecule has 2 N–H and O–H groups in total. The zero-order valence-corrected chi connectivity index (χ0v) is 34.4. The van der Waals surface area contributed by atoms with E-state index in [1.807, 2.05) is 40.7 Å². The first-order valence-corrected chi connectivity index (χ1v) is 19.9. The summed E-state index contributed by atoms with van der Waals surface area (Å²) in [5.41, 5.74) is 3.21. The Morgan fingerprint density at radius 1 is 0.926 bits per heavy atom. The number of nitrogens with one attached hydrogen (secondary N) is 1. The van der Waals surface area contributed by atoms with Gasteiger partial charge in [-0.15, -0.1) is 0 Å². The SMILES string of the molecule is CCCCCCCCCCCCC(Oc1ccc(O)c(C(C)(C)C)c1)C(=O)Nc1ccc(Cl)c(N(C(C)=O)C2=NN(c3c(C)cc(C)cc3Cl)C(=O)C2)c1. The van der Waals surface area contributed by atoms with Gasteiger partial charge < -0.3 is 15.2 Å². The second-order valence-electron chi connectivity index (χ2n) is 15.3. The van der Waals surface area contributed by atoms with Gasteiger partial charge in [0.1, 0.15) is 17.3 Å². The van der Waals surface area contributed by atoms with Crippen LogP contribution in [-0.4, -0.2) is 34.8 Å². The number of halogens is 2. The van der Waals surface area contributed by atoms with Gasteiger partial charge in [-0.1, -0.05) is 115 Å². The second-order valence-corrected chi connectivity index (χ2v) is 16.1. The van der Waals surface area contributed by atoms with E-state index in [4.69, 9.17) is 27.9 Å². The summed E-state index contributed by atoms with van der Waals surface area (Å²) in [6.45, 7) is 13.4. The Bertz CT molecular complexity index is 1810. The number of carbonyl (C=O) groups excluding carboxylic acids is 3. The molecule has 0 saturated heterocycles. The van der Waals surface area contributed by atoms with Crippen LogP contribution in [0, 0.1) is 13.8 Å². The van der Waals surface area contributed by atoms with Gasteiger partial charge in [0.25, 0.3) is 11.8 Å². The van der Waals surface area contributed by atoms with E-state index < -0.39 is 12.0 Å². The number of benzene rings is 3. The molecule has 0 fully saturated rings. The molecule has 11 heteroatoms. The minimum absolute atomic E-state index is 0.159. The summed E-state index contributed by atoms with van der Waals surface area (Å²) in [5, 5.41) is 19.9. The third-order valence-corrected chi connectivity index (χ3v) is 10.2. The molecule has 0 bridgehead atoms. The summed E-state index contributed by atoms with van der Waals surface area (Å²) in [7, 11) is 0. The standard InChI is InChI=1S/C43H56Cl2N4O5/c1-8-9-10-11-12-13-14-15-16-17-18-38(54-32-20-22-37(51)33(26-32)43(5,6)7)42(53)46-31-19-21-34(44)36(25-31)48(30(4)50)39-27-40(52)49(47-39)41-29(3)23-28(2)24-35(41)45/h19-26,38,51H,8-18,27H2,1-7H3,(H,46,53). The summed E-state index contributed by atoms with van der Waals surface area (Å²) in [6, 6.07) is 13.6. The Morgan fingerprint density at radius 2 is 1.57 bits per heavy atom. The summed E-state index contributed by atoms with van der Waals surface area (Å²) in [4.78, 5) is 41.7. The fourth-order valence-corrected chi connectivity index (χ4v) is 7.38. The summed E-state index contributed by atoms with van der Waals surface area (Å²) in [6.07, 6.45) is 11.2. The van der Waals surface area contributed by atoms with Crippen LogP contribution in [0.15, 0.2) is 53.6 Å². The molecule has 1 atom stereocenters. The number of amides is 3. The molecule has 3 aromatic carbocycles. The maximum atomic E-state index is 14.0. The first-order chi connectivity index (χ1) is 25.6. The Balaban J connectivity index is 1.54. The largest absolute Gasteiger partial charge is 0.508 e. The molecule has 3 aromatic rings. The molecule has 1 aliphatic heterocycles. The van der Waals surface area contributed by atoms with Crippen LogP contribution < -0.4 is 20.0 Å². The van der Waals surface area contributed by atoms with Crippen LogP contribution in [0.3, 0.4) is 0 Å². The van der Waals surface area contributed by atoms with Crippen LogP contribution in [0.4, 0.5) is 17.1 Å². The molecule has 54 heavy (non-hydrogen) atoms. The van der Waals surface area contributed by atoms with Gasteiger partial charge in [-0.25, -0.2) is 0 Å². The second kappa shape index (κ2) is 19.5. The van der Waals surface area contributed by atoms with Crippen molar-refractivity contribution in [1.82, 2.24) is 0 Å². The number of ether oxygens (including phenoxy) is 1. The topological polar surface area (TPSA) is 112 Å². The zero-order chi connectivity index (χ0) is 39.6. The summed E-state index contributed by atoms with van der Waals surface area (Å²) >= 11 is 13.2. The minimum atomic E-state index is -0.827. The molecule has 0 radical (unpaired) electrons. The number of amidine groups is 1. The molecule has 1 aliphatic rings. The highest BCUT2D eigenvalue weighted by Crippen LogP contribution is 2.37. The van der Waals surface area contributed by atoms with Crippen molar-refractivity contribution >= 4 is 63.8 Å². The molecule has 1 heterocycles. The van der Waals surface area contributed by atoms with E-state index >= 15 is 0 Å². The molecule has 292 valence electrons. The first kappa shape index (κ1) is 42.7. The number of carbonyl (C=O) groups is 3. The molecule has 0 aliphatic carbocycles. The zero-order valence-electron chi connectivity index (χ0n) is 32.9. The lowest BCUT2D eigenvalue weighted by Crippen LogP contribution is -2.35. The lowest BCUT2D eigenvalue weighted by Gasteiger charge is -2.24. The summed E-state index contributed by atoms with van der Waals surface area (Å²) in [5.74, 6) is -0.280. The molecular weight excluding hydrogens is 723 g/mol. The molecule has 9 nitrogen and oxygen atoms in total. The van der Waals surface area contributed by atoms with Crippen molar-refractivity contribution in [2.24, 2.45) is 5.10 Å². The molecule has 4 rings (SSSR count). The lowest BCUT2D eigenvalue weighted by molar-refractivity contribution is -0.123. The number of aryl methyl sites for hydroxylation is 2. The molecule has 0 spiro atoms. The van der Waals surface area contributed by atoms with Crippen molar-refractivity contribution in [2.75, 3.05) is 15.2 Å². The van der Waals surface area contributed by atoms with Gasteiger partial charge in [0, 0.05) is 18.2 Å². The number of nitrogens with zero attached hydrogens (tertiary/aromatic N) is 3. The van der Waals surface area contributed by atoms with Crippen LogP contribution in [0.1, 0.15) is 128 Å². The molecule has 0 aromatic heterocycles. The van der Waals surface area contributed by atoms with Crippen molar-refractivity contribution in [3.63, 3.8) is 0 Å².